The van der Waals surface area contributed by atoms with E-state index in [9.17, 15) is 4.79 Å². The molecule has 0 aromatic rings. The van der Waals surface area contributed by atoms with Crippen LogP contribution >= 0.6 is 0 Å². The molecule has 2 aliphatic heterocycles. The van der Waals surface area contributed by atoms with Crippen molar-refractivity contribution in [2.75, 3.05) is 59.5 Å². The van der Waals surface area contributed by atoms with Gasteiger partial charge >= 0.3 is 0 Å². The number of piperazine rings is 1. The van der Waals surface area contributed by atoms with Crippen LogP contribution in [0.3, 0.4) is 0 Å². The van der Waals surface area contributed by atoms with Crippen molar-refractivity contribution in [2.24, 2.45) is 5.92 Å². The van der Waals surface area contributed by atoms with Crippen LogP contribution in [0.1, 0.15) is 19.3 Å². The molecular weight excluding hydrogens is 242 g/mol. The molecule has 5 heteroatoms. The summed E-state index contributed by atoms with van der Waals surface area (Å²) in [7, 11) is 1.76. The summed E-state index contributed by atoms with van der Waals surface area (Å²) in [5, 5.41) is 3.28. The first-order chi connectivity index (χ1) is 9.29. The van der Waals surface area contributed by atoms with Crippen molar-refractivity contribution in [3.63, 3.8) is 0 Å². The molecule has 1 N–H and O–H groups in total. The lowest BCUT2D eigenvalue weighted by Crippen LogP contribution is -2.50. The molecule has 5 nitrogen and oxygen atoms in total. The Morgan fingerprint density at radius 3 is 2.84 bits per heavy atom. The van der Waals surface area contributed by atoms with Gasteiger partial charge in [0.1, 0.15) is 0 Å². The molecule has 0 aromatic carbocycles. The maximum atomic E-state index is 12.2. The molecule has 2 rings (SSSR count). The molecule has 1 unspecified atom stereocenters. The zero-order chi connectivity index (χ0) is 13.5. The lowest BCUT2D eigenvalue weighted by Gasteiger charge is -2.34. The van der Waals surface area contributed by atoms with Gasteiger partial charge in [-0.3, -0.25) is 9.69 Å². The van der Waals surface area contributed by atoms with Crippen molar-refractivity contribution in [3.05, 3.63) is 0 Å². The Morgan fingerprint density at radius 2 is 2.11 bits per heavy atom. The van der Waals surface area contributed by atoms with Crippen LogP contribution in [0.25, 0.3) is 0 Å². The van der Waals surface area contributed by atoms with Gasteiger partial charge in [-0.1, -0.05) is 0 Å². The topological polar surface area (TPSA) is 44.8 Å². The predicted octanol–water partition coefficient (Wildman–Crippen LogP) is 0.167. The van der Waals surface area contributed by atoms with E-state index in [0.717, 1.165) is 52.3 Å². The van der Waals surface area contributed by atoms with Gasteiger partial charge < -0.3 is 15.0 Å². The molecule has 2 saturated heterocycles. The second kappa shape index (κ2) is 7.82. The Bertz CT molecular complexity index is 280. The summed E-state index contributed by atoms with van der Waals surface area (Å²) in [6.45, 7) is 7.15. The number of methoxy groups -OCH3 is 1. The third kappa shape index (κ3) is 4.75. The van der Waals surface area contributed by atoms with E-state index in [-0.39, 0.29) is 0 Å². The first-order valence-electron chi connectivity index (χ1n) is 7.49. The zero-order valence-corrected chi connectivity index (χ0v) is 12.1. The second-order valence-electron chi connectivity index (χ2n) is 5.66. The average molecular weight is 269 g/mol. The monoisotopic (exact) mass is 269 g/mol. The largest absolute Gasteiger partial charge is 0.385 e. The van der Waals surface area contributed by atoms with E-state index in [1.807, 2.05) is 4.90 Å². The second-order valence-corrected chi connectivity index (χ2v) is 5.66. The van der Waals surface area contributed by atoms with Gasteiger partial charge in [0.2, 0.25) is 5.91 Å². The Balaban J connectivity index is 1.73. The first kappa shape index (κ1) is 14.8. The van der Waals surface area contributed by atoms with Gasteiger partial charge in [0, 0.05) is 46.4 Å². The molecule has 1 amide bonds. The van der Waals surface area contributed by atoms with Gasteiger partial charge in [0.05, 0.1) is 6.54 Å². The summed E-state index contributed by atoms with van der Waals surface area (Å²) < 4.78 is 5.16. The smallest absolute Gasteiger partial charge is 0.236 e. The molecule has 1 atom stereocenters. The molecule has 0 bridgehead atoms. The number of nitrogens with zero attached hydrogens (tertiary/aromatic N) is 2. The van der Waals surface area contributed by atoms with E-state index < -0.39 is 0 Å². The van der Waals surface area contributed by atoms with Crippen LogP contribution in [0.5, 0.6) is 0 Å². The van der Waals surface area contributed by atoms with E-state index in [1.165, 1.54) is 12.8 Å². The molecule has 0 aromatic heterocycles. The maximum absolute atomic E-state index is 12.2. The minimum absolute atomic E-state index is 0.300. The number of ether oxygens (including phenoxy) is 1. The molecule has 2 fully saturated rings. The van der Waals surface area contributed by atoms with Gasteiger partial charge in [0.15, 0.2) is 0 Å². The molecule has 19 heavy (non-hydrogen) atoms. The van der Waals surface area contributed by atoms with E-state index in [1.54, 1.807) is 7.11 Å². The summed E-state index contributed by atoms with van der Waals surface area (Å²) in [5.41, 5.74) is 0. The van der Waals surface area contributed by atoms with Gasteiger partial charge in [-0.15, -0.1) is 0 Å². The zero-order valence-electron chi connectivity index (χ0n) is 12.1. The summed E-state index contributed by atoms with van der Waals surface area (Å²) in [6.07, 6.45) is 3.61. The van der Waals surface area contributed by atoms with Crippen LogP contribution in [0, 0.1) is 5.92 Å². The van der Waals surface area contributed by atoms with Crippen molar-refractivity contribution in [1.82, 2.24) is 15.1 Å². The number of piperidine rings is 1. The Hall–Kier alpha value is -0.650. The number of likely N-dealkylation sites (tertiary alicyclic amines) is 1. The number of carbonyl (C=O) groups is 1. The van der Waals surface area contributed by atoms with Gasteiger partial charge in [-0.05, 0) is 31.7 Å². The molecule has 0 spiro atoms. The summed E-state index contributed by atoms with van der Waals surface area (Å²) in [6, 6.07) is 0. The van der Waals surface area contributed by atoms with Crippen molar-refractivity contribution in [2.45, 2.75) is 19.3 Å². The fourth-order valence-corrected chi connectivity index (χ4v) is 3.02. The minimum Gasteiger partial charge on any atom is -0.385 e. The van der Waals surface area contributed by atoms with Crippen LogP contribution in [0.15, 0.2) is 0 Å². The minimum atomic E-state index is 0.300. The van der Waals surface area contributed by atoms with Crippen LogP contribution in [0.2, 0.25) is 0 Å². The van der Waals surface area contributed by atoms with Crippen molar-refractivity contribution < 1.29 is 9.53 Å². The quantitative estimate of drug-likeness (QED) is 0.772. The molecule has 0 aliphatic carbocycles. The van der Waals surface area contributed by atoms with Crippen LogP contribution in [-0.4, -0.2) is 75.2 Å². The number of amides is 1. The fraction of sp³-hybridized carbons (Fsp3) is 0.929. The third-order valence-corrected chi connectivity index (χ3v) is 4.16. The van der Waals surface area contributed by atoms with E-state index in [0.29, 0.717) is 18.4 Å². The highest BCUT2D eigenvalue weighted by atomic mass is 16.5. The molecule has 110 valence electrons. The Kier molecular flexibility index (Phi) is 6.07. The lowest BCUT2D eigenvalue weighted by atomic mass is 9.95. The van der Waals surface area contributed by atoms with Crippen LogP contribution in [-0.2, 0) is 9.53 Å². The third-order valence-electron chi connectivity index (χ3n) is 4.16. The number of hydrogen-bond donors (Lipinski definition) is 1. The first-order valence-corrected chi connectivity index (χ1v) is 7.49. The van der Waals surface area contributed by atoms with E-state index in [4.69, 9.17) is 4.74 Å². The van der Waals surface area contributed by atoms with Crippen molar-refractivity contribution >= 4 is 5.91 Å². The van der Waals surface area contributed by atoms with Gasteiger partial charge in [-0.25, -0.2) is 0 Å². The number of hydrogen-bond acceptors (Lipinski definition) is 4. The molecular formula is C14H27N3O2. The number of rotatable bonds is 5. The fourth-order valence-electron chi connectivity index (χ4n) is 3.02. The number of carbonyl (C=O) groups excluding carboxylic acids is 1. The molecule has 2 aliphatic rings. The van der Waals surface area contributed by atoms with Gasteiger partial charge in [0.25, 0.3) is 0 Å². The van der Waals surface area contributed by atoms with Crippen LogP contribution < -0.4 is 5.32 Å². The predicted molar refractivity (Wildman–Crippen MR) is 75.1 cm³/mol. The highest BCUT2D eigenvalue weighted by Crippen LogP contribution is 2.19. The molecule has 0 saturated carbocycles. The summed E-state index contributed by atoms with van der Waals surface area (Å²) >= 11 is 0. The van der Waals surface area contributed by atoms with Crippen molar-refractivity contribution in [1.29, 1.82) is 0 Å². The van der Waals surface area contributed by atoms with E-state index in [2.05, 4.69) is 10.2 Å². The average Bonchev–Trinajstić information content (AvgIpc) is 2.46. The summed E-state index contributed by atoms with van der Waals surface area (Å²) in [4.78, 5) is 16.5. The highest BCUT2D eigenvalue weighted by Gasteiger charge is 2.24. The number of nitrogens with one attached hydrogen (secondary N) is 1. The van der Waals surface area contributed by atoms with Gasteiger partial charge in [-0.2, -0.15) is 0 Å². The van der Waals surface area contributed by atoms with Crippen LogP contribution in [0.4, 0.5) is 0 Å². The van der Waals surface area contributed by atoms with Crippen molar-refractivity contribution in [3.8, 4) is 0 Å². The Labute approximate surface area is 116 Å². The highest BCUT2D eigenvalue weighted by molar-refractivity contribution is 5.78. The standard InChI is InChI=1S/C14H27N3O2/c1-19-10-4-13-3-2-7-16(11-13)12-14(18)17-8-5-15-6-9-17/h13,15H,2-12H2,1H3. The van der Waals surface area contributed by atoms with E-state index >= 15 is 0 Å². The molecule has 2 heterocycles. The maximum Gasteiger partial charge on any atom is 0.236 e. The molecule has 0 radical (unpaired) electrons. The normalized spacial score (nSPS) is 25.5. The summed E-state index contributed by atoms with van der Waals surface area (Å²) in [5.74, 6) is 0.999. The Morgan fingerprint density at radius 1 is 1.32 bits per heavy atom. The lowest BCUT2D eigenvalue weighted by molar-refractivity contribution is -0.133. The SMILES string of the molecule is COCCC1CCCN(CC(=O)N2CCNCC2)C1.